The lowest BCUT2D eigenvalue weighted by Crippen LogP contribution is -1.97. The first-order valence-electron chi connectivity index (χ1n) is 6.32. The topological polar surface area (TPSA) is 63.7 Å². The average molecular weight is 266 g/mol. The second kappa shape index (κ2) is 5.52. The first-order valence-corrected chi connectivity index (χ1v) is 6.32. The van der Waals surface area contributed by atoms with Gasteiger partial charge in [-0.1, -0.05) is 12.1 Å². The van der Waals surface area contributed by atoms with E-state index >= 15 is 0 Å². The highest BCUT2D eigenvalue weighted by Crippen LogP contribution is 2.15. The number of aryl methyl sites for hydroxylation is 1. The number of nitrogens with one attached hydrogen (secondary N) is 1. The fourth-order valence-corrected chi connectivity index (χ4v) is 1.84. The van der Waals surface area contributed by atoms with Gasteiger partial charge < -0.3 is 4.74 Å². The van der Waals surface area contributed by atoms with Crippen molar-refractivity contribution in [1.29, 1.82) is 0 Å². The zero-order chi connectivity index (χ0) is 13.8. The van der Waals surface area contributed by atoms with Crippen molar-refractivity contribution in [3.8, 4) is 17.1 Å². The molecule has 1 N–H and O–H groups in total. The van der Waals surface area contributed by atoms with Crippen molar-refractivity contribution >= 4 is 0 Å². The molecular weight excluding hydrogens is 252 g/mol. The minimum absolute atomic E-state index is 0.358. The van der Waals surface area contributed by atoms with Crippen LogP contribution in [0.15, 0.2) is 48.8 Å². The van der Waals surface area contributed by atoms with Gasteiger partial charge in [0, 0.05) is 18.0 Å². The summed E-state index contributed by atoms with van der Waals surface area (Å²) in [6.07, 6.45) is 3.45. The van der Waals surface area contributed by atoms with E-state index in [1.807, 2.05) is 43.3 Å². The van der Waals surface area contributed by atoms with E-state index in [9.17, 15) is 0 Å². The van der Waals surface area contributed by atoms with Crippen molar-refractivity contribution in [3.63, 3.8) is 0 Å². The molecule has 0 saturated carbocycles. The molecule has 5 heteroatoms. The Bertz CT molecular complexity index is 694. The van der Waals surface area contributed by atoms with Gasteiger partial charge in [-0.3, -0.25) is 10.1 Å². The number of ether oxygens (including phenoxy) is 1. The van der Waals surface area contributed by atoms with Crippen molar-refractivity contribution in [1.82, 2.24) is 20.2 Å². The van der Waals surface area contributed by atoms with E-state index in [1.54, 1.807) is 12.4 Å². The molecule has 2 heterocycles. The van der Waals surface area contributed by atoms with Crippen LogP contribution >= 0.6 is 0 Å². The van der Waals surface area contributed by atoms with Crippen LogP contribution in [0.1, 0.15) is 11.4 Å². The molecule has 0 amide bonds. The maximum Gasteiger partial charge on any atom is 0.182 e. The molecule has 0 atom stereocenters. The van der Waals surface area contributed by atoms with E-state index in [-0.39, 0.29) is 0 Å². The normalized spacial score (nSPS) is 10.4. The van der Waals surface area contributed by atoms with Crippen LogP contribution in [0.5, 0.6) is 5.75 Å². The SMILES string of the molecule is Cc1cccc(OCc2nc(-c3cccnc3)n[nH]2)c1. The highest BCUT2D eigenvalue weighted by Gasteiger charge is 2.06. The first kappa shape index (κ1) is 12.3. The summed E-state index contributed by atoms with van der Waals surface area (Å²) < 4.78 is 5.67. The Hall–Kier alpha value is -2.69. The van der Waals surface area contributed by atoms with E-state index in [1.165, 1.54) is 0 Å². The Morgan fingerprint density at radius 2 is 2.15 bits per heavy atom. The average Bonchev–Trinajstić information content (AvgIpc) is 2.95. The molecule has 0 saturated heterocycles. The Morgan fingerprint density at radius 3 is 2.95 bits per heavy atom. The number of H-pyrrole nitrogens is 1. The van der Waals surface area contributed by atoms with Gasteiger partial charge in [0.25, 0.3) is 0 Å². The highest BCUT2D eigenvalue weighted by atomic mass is 16.5. The number of aromatic amines is 1. The van der Waals surface area contributed by atoms with E-state index in [4.69, 9.17) is 4.74 Å². The van der Waals surface area contributed by atoms with Crippen LogP contribution in [0.4, 0.5) is 0 Å². The minimum Gasteiger partial charge on any atom is -0.486 e. The number of hydrogen-bond donors (Lipinski definition) is 1. The molecule has 20 heavy (non-hydrogen) atoms. The Balaban J connectivity index is 1.69. The summed E-state index contributed by atoms with van der Waals surface area (Å²) in [4.78, 5) is 8.43. The molecule has 3 aromatic rings. The van der Waals surface area contributed by atoms with Crippen LogP contribution < -0.4 is 4.74 Å². The Morgan fingerprint density at radius 1 is 1.20 bits per heavy atom. The second-order valence-electron chi connectivity index (χ2n) is 4.45. The monoisotopic (exact) mass is 266 g/mol. The van der Waals surface area contributed by atoms with Crippen molar-refractivity contribution in [2.45, 2.75) is 13.5 Å². The summed E-state index contributed by atoms with van der Waals surface area (Å²) in [7, 11) is 0. The summed E-state index contributed by atoms with van der Waals surface area (Å²) >= 11 is 0. The molecule has 2 aromatic heterocycles. The van der Waals surface area contributed by atoms with Gasteiger partial charge in [-0.15, -0.1) is 0 Å². The standard InChI is InChI=1S/C15H14N4O/c1-11-4-2-6-13(8-11)20-10-14-17-15(19-18-14)12-5-3-7-16-9-12/h2-9H,10H2,1H3,(H,17,18,19). The first-order chi connectivity index (χ1) is 9.81. The summed E-state index contributed by atoms with van der Waals surface area (Å²) in [5, 5.41) is 7.04. The predicted octanol–water partition coefficient (Wildman–Crippen LogP) is 2.75. The smallest absolute Gasteiger partial charge is 0.182 e. The summed E-state index contributed by atoms with van der Waals surface area (Å²) in [6.45, 7) is 2.39. The van der Waals surface area contributed by atoms with Gasteiger partial charge in [-0.25, -0.2) is 4.98 Å². The lowest BCUT2D eigenvalue weighted by molar-refractivity contribution is 0.296. The number of rotatable bonds is 4. The third-order valence-corrected chi connectivity index (χ3v) is 2.82. The molecular formula is C15H14N4O. The largest absolute Gasteiger partial charge is 0.486 e. The summed E-state index contributed by atoms with van der Waals surface area (Å²) in [5.74, 6) is 2.13. The fourth-order valence-electron chi connectivity index (χ4n) is 1.84. The van der Waals surface area contributed by atoms with Crippen LogP contribution in [0.2, 0.25) is 0 Å². The van der Waals surface area contributed by atoms with E-state index < -0.39 is 0 Å². The molecule has 0 radical (unpaired) electrons. The summed E-state index contributed by atoms with van der Waals surface area (Å²) in [5.41, 5.74) is 2.04. The maximum atomic E-state index is 5.67. The molecule has 100 valence electrons. The molecule has 0 fully saturated rings. The van der Waals surface area contributed by atoms with Gasteiger partial charge in [0.05, 0.1) is 0 Å². The van der Waals surface area contributed by atoms with Crippen LogP contribution in [0, 0.1) is 6.92 Å². The Kier molecular flexibility index (Phi) is 3.41. The quantitative estimate of drug-likeness (QED) is 0.788. The number of aromatic nitrogens is 4. The molecule has 5 nitrogen and oxygen atoms in total. The molecule has 0 aliphatic rings. The molecule has 3 rings (SSSR count). The molecule has 0 bridgehead atoms. The van der Waals surface area contributed by atoms with Crippen LogP contribution in [-0.2, 0) is 6.61 Å². The fraction of sp³-hybridized carbons (Fsp3) is 0.133. The van der Waals surface area contributed by atoms with Crippen LogP contribution in [0.3, 0.4) is 0 Å². The van der Waals surface area contributed by atoms with Crippen LogP contribution in [-0.4, -0.2) is 20.2 Å². The lowest BCUT2D eigenvalue weighted by Gasteiger charge is -2.04. The van der Waals surface area contributed by atoms with Gasteiger partial charge in [-0.2, -0.15) is 5.10 Å². The van der Waals surface area contributed by atoms with Crippen molar-refractivity contribution < 1.29 is 4.74 Å². The van der Waals surface area contributed by atoms with Gasteiger partial charge in [0.1, 0.15) is 12.4 Å². The van der Waals surface area contributed by atoms with Crippen molar-refractivity contribution in [3.05, 3.63) is 60.2 Å². The lowest BCUT2D eigenvalue weighted by atomic mass is 10.2. The second-order valence-corrected chi connectivity index (χ2v) is 4.45. The van der Waals surface area contributed by atoms with Gasteiger partial charge in [-0.05, 0) is 36.8 Å². The molecule has 0 aliphatic heterocycles. The highest BCUT2D eigenvalue weighted by molar-refractivity contribution is 5.52. The van der Waals surface area contributed by atoms with Crippen LogP contribution in [0.25, 0.3) is 11.4 Å². The van der Waals surface area contributed by atoms with Gasteiger partial charge in [0.15, 0.2) is 11.6 Å². The number of pyridine rings is 1. The molecule has 0 unspecified atom stereocenters. The molecule has 0 spiro atoms. The van der Waals surface area contributed by atoms with E-state index in [0.29, 0.717) is 18.3 Å². The third-order valence-electron chi connectivity index (χ3n) is 2.82. The maximum absolute atomic E-state index is 5.67. The van der Waals surface area contributed by atoms with E-state index in [2.05, 4.69) is 20.2 Å². The number of nitrogens with zero attached hydrogens (tertiary/aromatic N) is 3. The van der Waals surface area contributed by atoms with Gasteiger partial charge in [0.2, 0.25) is 0 Å². The van der Waals surface area contributed by atoms with Crippen molar-refractivity contribution in [2.75, 3.05) is 0 Å². The third kappa shape index (κ3) is 2.83. The number of benzene rings is 1. The number of hydrogen-bond acceptors (Lipinski definition) is 4. The minimum atomic E-state index is 0.358. The Labute approximate surface area is 116 Å². The summed E-state index contributed by atoms with van der Waals surface area (Å²) in [6, 6.07) is 11.7. The van der Waals surface area contributed by atoms with Crippen molar-refractivity contribution in [2.24, 2.45) is 0 Å². The molecule has 1 aromatic carbocycles. The molecule has 0 aliphatic carbocycles. The zero-order valence-corrected chi connectivity index (χ0v) is 11.1. The predicted molar refractivity (Wildman–Crippen MR) is 75.1 cm³/mol. The zero-order valence-electron chi connectivity index (χ0n) is 11.1. The van der Waals surface area contributed by atoms with Gasteiger partial charge >= 0.3 is 0 Å². The van der Waals surface area contributed by atoms with E-state index in [0.717, 1.165) is 16.9 Å².